The average molecular weight is 915 g/mol. The summed E-state index contributed by atoms with van der Waals surface area (Å²) in [6.45, 7) is 6.39. The number of unbranched alkanes of at least 4 members (excludes halogenated alkanes) is 18. The minimum Gasteiger partial charge on any atom is -0.462 e. The van der Waals surface area contributed by atoms with E-state index in [1.807, 2.05) is 0 Å². The lowest BCUT2D eigenvalue weighted by Gasteiger charge is -2.18. The van der Waals surface area contributed by atoms with Crippen LogP contribution in [0.3, 0.4) is 0 Å². The predicted octanol–water partition coefficient (Wildman–Crippen LogP) is 17.9. The Morgan fingerprint density at radius 3 is 0.985 bits per heavy atom. The van der Waals surface area contributed by atoms with Crippen LogP contribution in [-0.2, 0) is 28.6 Å². The van der Waals surface area contributed by atoms with E-state index in [2.05, 4.69) is 130 Å². The van der Waals surface area contributed by atoms with E-state index in [1.54, 1.807) is 0 Å². The van der Waals surface area contributed by atoms with Crippen molar-refractivity contribution in [2.24, 2.45) is 0 Å². The summed E-state index contributed by atoms with van der Waals surface area (Å²) < 4.78 is 16.7. The monoisotopic (exact) mass is 915 g/mol. The zero-order valence-corrected chi connectivity index (χ0v) is 42.7. The summed E-state index contributed by atoms with van der Waals surface area (Å²) in [5.41, 5.74) is 0. The Labute approximate surface area is 406 Å². The van der Waals surface area contributed by atoms with Crippen molar-refractivity contribution in [1.82, 2.24) is 0 Å². The van der Waals surface area contributed by atoms with Gasteiger partial charge >= 0.3 is 17.9 Å². The molecule has 0 aliphatic carbocycles. The Hall–Kier alpha value is -3.93. The van der Waals surface area contributed by atoms with Crippen LogP contribution in [0.25, 0.3) is 0 Å². The Morgan fingerprint density at radius 2 is 0.606 bits per heavy atom. The predicted molar refractivity (Wildman–Crippen MR) is 283 cm³/mol. The summed E-state index contributed by atoms with van der Waals surface area (Å²) in [5.74, 6) is -0.928. The fourth-order valence-corrected chi connectivity index (χ4v) is 6.97. The number of esters is 3. The molecule has 0 rings (SSSR count). The molecule has 6 heteroatoms. The lowest BCUT2D eigenvalue weighted by Crippen LogP contribution is -2.30. The van der Waals surface area contributed by atoms with Crippen LogP contribution in [-0.4, -0.2) is 37.2 Å². The molecule has 0 radical (unpaired) electrons. The summed E-state index contributed by atoms with van der Waals surface area (Å²) in [7, 11) is 0. The molecule has 0 bridgehead atoms. The maximum atomic E-state index is 12.7. The maximum absolute atomic E-state index is 12.7. The van der Waals surface area contributed by atoms with Crippen molar-refractivity contribution in [3.63, 3.8) is 0 Å². The largest absolute Gasteiger partial charge is 0.462 e. The average Bonchev–Trinajstić information content (AvgIpc) is 3.31. The summed E-state index contributed by atoms with van der Waals surface area (Å²) in [6, 6.07) is 0. The highest BCUT2D eigenvalue weighted by Gasteiger charge is 2.19. The molecule has 0 saturated carbocycles. The van der Waals surface area contributed by atoms with E-state index in [0.717, 1.165) is 135 Å². The van der Waals surface area contributed by atoms with Crippen LogP contribution < -0.4 is 0 Å². The van der Waals surface area contributed by atoms with Gasteiger partial charge in [0, 0.05) is 19.3 Å². The summed E-state index contributed by atoms with van der Waals surface area (Å²) in [6.07, 6.45) is 72.6. The molecule has 0 aromatic heterocycles. The van der Waals surface area contributed by atoms with Gasteiger partial charge in [-0.05, 0) is 103 Å². The normalized spacial score (nSPS) is 13.0. The quantitative estimate of drug-likeness (QED) is 0.0262. The van der Waals surface area contributed by atoms with Gasteiger partial charge in [0.2, 0.25) is 0 Å². The number of hydrogen-bond acceptors (Lipinski definition) is 6. The van der Waals surface area contributed by atoms with Gasteiger partial charge in [0.25, 0.3) is 0 Å². The fraction of sp³-hybridized carbons (Fsp3) is 0.650. The summed E-state index contributed by atoms with van der Waals surface area (Å²) in [5, 5.41) is 0. The Morgan fingerprint density at radius 1 is 0.318 bits per heavy atom. The van der Waals surface area contributed by atoms with Crippen molar-refractivity contribution in [1.29, 1.82) is 0 Å². The molecule has 0 aromatic carbocycles. The third-order valence-electron chi connectivity index (χ3n) is 11.0. The number of allylic oxidation sites excluding steroid dienone is 18. The van der Waals surface area contributed by atoms with Crippen LogP contribution in [0.5, 0.6) is 0 Å². The first-order valence-corrected chi connectivity index (χ1v) is 26.9. The third-order valence-corrected chi connectivity index (χ3v) is 11.0. The lowest BCUT2D eigenvalue weighted by atomic mass is 10.1. The number of ether oxygens (including phenoxy) is 3. The molecule has 0 aromatic rings. The minimum absolute atomic E-state index is 0.0869. The van der Waals surface area contributed by atoms with Gasteiger partial charge in [0.15, 0.2) is 6.10 Å². The number of rotatable bonds is 47. The van der Waals surface area contributed by atoms with E-state index < -0.39 is 6.10 Å². The molecule has 0 saturated heterocycles. The van der Waals surface area contributed by atoms with Crippen LogP contribution in [0.15, 0.2) is 109 Å². The van der Waals surface area contributed by atoms with Crippen LogP contribution >= 0.6 is 0 Å². The van der Waals surface area contributed by atoms with Gasteiger partial charge in [-0.1, -0.05) is 220 Å². The zero-order chi connectivity index (χ0) is 47.9. The van der Waals surface area contributed by atoms with E-state index in [0.29, 0.717) is 19.3 Å². The zero-order valence-electron chi connectivity index (χ0n) is 42.7. The van der Waals surface area contributed by atoms with Crippen LogP contribution in [0.2, 0.25) is 0 Å². The Bertz CT molecular complexity index is 1370. The molecule has 0 N–H and O–H groups in total. The Balaban J connectivity index is 4.13. The molecule has 1 unspecified atom stereocenters. The maximum Gasteiger partial charge on any atom is 0.306 e. The van der Waals surface area contributed by atoms with Crippen molar-refractivity contribution in [3.8, 4) is 0 Å². The Kier molecular flexibility index (Phi) is 50.5. The summed E-state index contributed by atoms with van der Waals surface area (Å²) >= 11 is 0. The van der Waals surface area contributed by atoms with E-state index in [-0.39, 0.29) is 31.1 Å². The molecular formula is C60H98O6. The highest BCUT2D eigenvalue weighted by atomic mass is 16.6. The minimum atomic E-state index is -0.784. The topological polar surface area (TPSA) is 78.9 Å². The van der Waals surface area contributed by atoms with Gasteiger partial charge in [0.1, 0.15) is 13.2 Å². The number of hydrogen-bond donors (Lipinski definition) is 0. The molecule has 0 heterocycles. The molecule has 0 amide bonds. The van der Waals surface area contributed by atoms with Gasteiger partial charge in [-0.3, -0.25) is 14.4 Å². The fourth-order valence-electron chi connectivity index (χ4n) is 6.97. The number of carbonyl (C=O) groups is 3. The molecule has 66 heavy (non-hydrogen) atoms. The molecule has 374 valence electrons. The van der Waals surface area contributed by atoms with Gasteiger partial charge in [-0.2, -0.15) is 0 Å². The van der Waals surface area contributed by atoms with E-state index in [1.165, 1.54) is 57.8 Å². The molecule has 1 atom stereocenters. The molecule has 0 aliphatic heterocycles. The van der Waals surface area contributed by atoms with Crippen molar-refractivity contribution in [3.05, 3.63) is 109 Å². The van der Waals surface area contributed by atoms with Gasteiger partial charge < -0.3 is 14.2 Å². The van der Waals surface area contributed by atoms with Gasteiger partial charge in [-0.25, -0.2) is 0 Å². The third kappa shape index (κ3) is 51.1. The highest BCUT2D eigenvalue weighted by molar-refractivity contribution is 5.71. The second-order valence-corrected chi connectivity index (χ2v) is 17.4. The second-order valence-electron chi connectivity index (χ2n) is 17.4. The first kappa shape index (κ1) is 62.1. The summed E-state index contributed by atoms with van der Waals surface area (Å²) in [4.78, 5) is 37.7. The van der Waals surface area contributed by atoms with Gasteiger partial charge in [-0.15, -0.1) is 0 Å². The van der Waals surface area contributed by atoms with Crippen molar-refractivity contribution < 1.29 is 28.6 Å². The molecule has 0 spiro atoms. The van der Waals surface area contributed by atoms with Crippen molar-refractivity contribution >= 4 is 17.9 Å². The second kappa shape index (κ2) is 53.7. The van der Waals surface area contributed by atoms with Crippen LogP contribution in [0.4, 0.5) is 0 Å². The molecule has 0 aliphatic rings. The first-order valence-electron chi connectivity index (χ1n) is 26.9. The number of carbonyl (C=O) groups excluding carboxylic acids is 3. The first-order chi connectivity index (χ1) is 32.5. The van der Waals surface area contributed by atoms with E-state index in [9.17, 15) is 14.4 Å². The molecular weight excluding hydrogens is 817 g/mol. The van der Waals surface area contributed by atoms with Crippen LogP contribution in [0.1, 0.15) is 233 Å². The van der Waals surface area contributed by atoms with Crippen molar-refractivity contribution in [2.45, 2.75) is 239 Å². The van der Waals surface area contributed by atoms with Crippen molar-refractivity contribution in [2.75, 3.05) is 13.2 Å². The smallest absolute Gasteiger partial charge is 0.306 e. The molecule has 6 nitrogen and oxygen atoms in total. The standard InChI is InChI=1S/C60H98O6/c1-4-7-10-13-16-18-20-21-22-23-24-25-26-27-28-29-30-31-32-33-34-35-36-37-38-39-41-42-44-47-50-53-59(62)65-56-57(55-64-58(61)52-49-46-15-12-9-6-3)66-60(63)54-51-48-45-43-40-19-17-14-11-8-5-2/h7,10,14,16-18,21-22,24-25,27-28,30-31,33-34,36-37,57H,4-6,8-9,11-13,15,19-20,23,26,29,32,35,38-56H2,1-3H3/b10-7-,17-14-,18-16-,22-21-,25-24-,28-27-,31-30-,34-33-,37-36-. The van der Waals surface area contributed by atoms with Gasteiger partial charge in [0.05, 0.1) is 0 Å². The SMILES string of the molecule is CC/C=C\C/C=C\C/C=C\C/C=C\C/C=C\C/C=C\C/C=C\C/C=C\CCCCCCCCC(=O)OCC(COC(=O)CCCCCCCC)OC(=O)CCCCCCC/C=C\CCCC. The van der Waals surface area contributed by atoms with Crippen LogP contribution in [0, 0.1) is 0 Å². The molecule has 0 fully saturated rings. The lowest BCUT2D eigenvalue weighted by molar-refractivity contribution is -0.167. The highest BCUT2D eigenvalue weighted by Crippen LogP contribution is 2.13. The van der Waals surface area contributed by atoms with E-state index >= 15 is 0 Å². The van der Waals surface area contributed by atoms with E-state index in [4.69, 9.17) is 14.2 Å².